The molecule has 0 spiro atoms. The third-order valence-electron chi connectivity index (χ3n) is 9.01. The molecule has 4 aromatic rings. The van der Waals surface area contributed by atoms with Crippen molar-refractivity contribution < 1.29 is 37.3 Å². The molecule has 0 bridgehead atoms. The molecule has 0 saturated carbocycles. The fraction of sp³-hybridized carbons (Fsp3) is 0.351. The quantitative estimate of drug-likeness (QED) is 0.144. The van der Waals surface area contributed by atoms with Crippen molar-refractivity contribution in [2.75, 3.05) is 12.3 Å². The molecule has 2 aliphatic heterocycles. The summed E-state index contributed by atoms with van der Waals surface area (Å²) >= 11 is 1.52. The highest BCUT2D eigenvalue weighted by molar-refractivity contribution is 7.99. The summed E-state index contributed by atoms with van der Waals surface area (Å²) in [5.74, 6) is -1.96. The number of amides is 2. The Bertz CT molecular complexity index is 1760. The minimum Gasteiger partial charge on any atom is -0.392 e. The topological polar surface area (TPSA) is 114 Å². The summed E-state index contributed by atoms with van der Waals surface area (Å²) in [6.07, 6.45) is -2.18. The van der Waals surface area contributed by atoms with Crippen LogP contribution < -0.4 is 5.32 Å². The van der Waals surface area contributed by atoms with Gasteiger partial charge in [0.25, 0.3) is 0 Å². The number of likely N-dealkylation sites (tertiary alicyclic amines) is 1. The second kappa shape index (κ2) is 15.7. The van der Waals surface area contributed by atoms with E-state index in [2.05, 4.69) is 22.2 Å². The fourth-order valence-corrected chi connectivity index (χ4v) is 7.24. The molecule has 6 rings (SSSR count). The molecule has 50 heavy (non-hydrogen) atoms. The second-order valence-electron chi connectivity index (χ2n) is 12.4. The number of aromatic nitrogens is 2. The van der Waals surface area contributed by atoms with Gasteiger partial charge >= 0.3 is 12.1 Å². The van der Waals surface area contributed by atoms with Gasteiger partial charge in [0.1, 0.15) is 6.04 Å². The van der Waals surface area contributed by atoms with Crippen LogP contribution in [0, 0.1) is 5.92 Å². The minimum absolute atomic E-state index is 0.00631. The number of aliphatic hydroxyl groups excluding tert-OH is 1. The Labute approximate surface area is 292 Å². The van der Waals surface area contributed by atoms with Crippen LogP contribution in [-0.4, -0.2) is 62.4 Å². The molecule has 2 fully saturated rings. The molecule has 9 nitrogen and oxygen atoms in total. The molecular weight excluding hydrogens is 669 g/mol. The third-order valence-corrected chi connectivity index (χ3v) is 9.98. The Morgan fingerprint density at radius 2 is 1.66 bits per heavy atom. The molecular formula is C37H37F3N4O5S. The lowest BCUT2D eigenvalue weighted by Gasteiger charge is -2.41. The number of alkyl halides is 3. The molecule has 262 valence electrons. The van der Waals surface area contributed by atoms with Crippen LogP contribution in [0.1, 0.15) is 54.4 Å². The highest BCUT2D eigenvalue weighted by atomic mass is 32.2. The van der Waals surface area contributed by atoms with Gasteiger partial charge in [-0.2, -0.15) is 13.2 Å². The molecule has 13 heteroatoms. The van der Waals surface area contributed by atoms with Gasteiger partial charge in [-0.05, 0) is 52.8 Å². The van der Waals surface area contributed by atoms with E-state index in [1.807, 2.05) is 72.8 Å². The summed E-state index contributed by atoms with van der Waals surface area (Å²) in [4.78, 5) is 33.9. The molecule has 2 N–H and O–H groups in total. The number of ether oxygens (including phenoxy) is 2. The second-order valence-corrected chi connectivity index (χ2v) is 13.3. The lowest BCUT2D eigenvalue weighted by atomic mass is 9.91. The highest BCUT2D eigenvalue weighted by Crippen LogP contribution is 2.43. The Morgan fingerprint density at radius 1 is 0.940 bits per heavy atom. The first-order valence-corrected chi connectivity index (χ1v) is 17.3. The zero-order valence-electron chi connectivity index (χ0n) is 27.3. The Hall–Kier alpha value is -4.30. The van der Waals surface area contributed by atoms with E-state index in [-0.39, 0.29) is 44.2 Å². The first-order valence-electron chi connectivity index (χ1n) is 16.4. The van der Waals surface area contributed by atoms with Crippen LogP contribution in [0.5, 0.6) is 0 Å². The van der Waals surface area contributed by atoms with Crippen LogP contribution >= 0.6 is 11.8 Å². The molecule has 3 heterocycles. The van der Waals surface area contributed by atoms with Crippen molar-refractivity contribution >= 4 is 23.6 Å². The predicted molar refractivity (Wildman–Crippen MR) is 180 cm³/mol. The van der Waals surface area contributed by atoms with Gasteiger partial charge in [-0.1, -0.05) is 85.4 Å². The van der Waals surface area contributed by atoms with Crippen molar-refractivity contribution in [2.45, 2.75) is 68.8 Å². The molecule has 1 aromatic heterocycles. The van der Waals surface area contributed by atoms with Crippen molar-refractivity contribution in [3.05, 3.63) is 114 Å². The van der Waals surface area contributed by atoms with E-state index < -0.39 is 30.3 Å². The van der Waals surface area contributed by atoms with E-state index >= 15 is 0 Å². The number of carbonyl (C=O) groups is 2. The smallest absolute Gasteiger partial charge is 0.392 e. The van der Waals surface area contributed by atoms with Gasteiger partial charge in [0, 0.05) is 42.7 Å². The number of hydrogen-bond donors (Lipinski definition) is 2. The first kappa shape index (κ1) is 35.5. The zero-order valence-corrected chi connectivity index (χ0v) is 28.1. The SMILES string of the molecule is CC1C(CSc2ncccn2)OC(c2ccc(-c3cccc(CNC(=O)C4CCCN4C(=O)C(F)(F)F)c3)cc2)OC1c1ccc(CO)cc1. The maximum atomic E-state index is 13.0. The standard InChI is InChI=1S/C37H37F3N4O5S/c1-23-31(22-50-36-41-16-4-17-42-36)48-34(49-32(23)27-10-8-24(21-45)9-11-27)28-14-12-26(13-15-28)29-6-2-5-25(19-29)20-43-33(46)30-7-3-18-44(30)35(47)37(38,39)40/h2,4-6,8-17,19,23,30-32,34,45H,3,7,18,20-22H2,1H3,(H,43,46). The molecule has 0 radical (unpaired) electrons. The van der Waals surface area contributed by atoms with Crippen LogP contribution in [-0.2, 0) is 32.2 Å². The summed E-state index contributed by atoms with van der Waals surface area (Å²) in [5, 5.41) is 12.9. The maximum Gasteiger partial charge on any atom is 0.471 e. The monoisotopic (exact) mass is 706 g/mol. The van der Waals surface area contributed by atoms with E-state index in [0.717, 1.165) is 33.4 Å². The number of nitrogens with zero attached hydrogens (tertiary/aromatic N) is 3. The van der Waals surface area contributed by atoms with Crippen molar-refractivity contribution in [1.82, 2.24) is 20.2 Å². The molecule has 2 aliphatic rings. The summed E-state index contributed by atoms with van der Waals surface area (Å²) < 4.78 is 52.1. The Kier molecular flexibility index (Phi) is 11.2. The lowest BCUT2D eigenvalue weighted by Crippen LogP contribution is -2.50. The molecule has 0 aliphatic carbocycles. The van der Waals surface area contributed by atoms with E-state index in [9.17, 15) is 27.9 Å². The van der Waals surface area contributed by atoms with Gasteiger partial charge in [-0.25, -0.2) is 9.97 Å². The average Bonchev–Trinajstić information content (AvgIpc) is 3.63. The molecule has 2 saturated heterocycles. The summed E-state index contributed by atoms with van der Waals surface area (Å²) in [6.45, 7) is 2.06. The molecule has 3 aromatic carbocycles. The van der Waals surface area contributed by atoms with Crippen molar-refractivity contribution in [2.24, 2.45) is 5.92 Å². The average molecular weight is 707 g/mol. The number of carbonyl (C=O) groups excluding carboxylic acids is 2. The third kappa shape index (κ3) is 8.35. The summed E-state index contributed by atoms with van der Waals surface area (Å²) in [6, 6.07) is 23.7. The highest BCUT2D eigenvalue weighted by Gasteiger charge is 2.47. The van der Waals surface area contributed by atoms with Gasteiger partial charge < -0.3 is 24.8 Å². The van der Waals surface area contributed by atoms with Crippen LogP contribution in [0.4, 0.5) is 13.2 Å². The maximum absolute atomic E-state index is 13.0. The van der Waals surface area contributed by atoms with Gasteiger partial charge in [-0.3, -0.25) is 9.59 Å². The van der Waals surface area contributed by atoms with E-state index in [1.165, 1.54) is 11.8 Å². The van der Waals surface area contributed by atoms with Crippen LogP contribution in [0.25, 0.3) is 11.1 Å². The van der Waals surface area contributed by atoms with Crippen LogP contribution in [0.3, 0.4) is 0 Å². The molecule has 5 unspecified atom stereocenters. The minimum atomic E-state index is -5.02. The number of thioether (sulfide) groups is 1. The van der Waals surface area contributed by atoms with Gasteiger partial charge in [0.05, 0.1) is 18.8 Å². The van der Waals surface area contributed by atoms with Gasteiger partial charge in [0.15, 0.2) is 11.4 Å². The molecule has 5 atom stereocenters. The number of aliphatic hydroxyl groups is 1. The van der Waals surface area contributed by atoms with E-state index in [4.69, 9.17) is 9.47 Å². The Morgan fingerprint density at radius 3 is 2.36 bits per heavy atom. The zero-order chi connectivity index (χ0) is 35.3. The van der Waals surface area contributed by atoms with E-state index in [1.54, 1.807) is 18.5 Å². The fourth-order valence-electron chi connectivity index (χ4n) is 6.27. The Balaban J connectivity index is 1.14. The van der Waals surface area contributed by atoms with Crippen molar-refractivity contribution in [3.8, 4) is 11.1 Å². The number of nitrogens with one attached hydrogen (secondary N) is 1. The van der Waals surface area contributed by atoms with Gasteiger partial charge in [0.2, 0.25) is 5.91 Å². The summed E-state index contributed by atoms with van der Waals surface area (Å²) in [5.41, 5.74) is 5.20. The molecule has 2 amide bonds. The predicted octanol–water partition coefficient (Wildman–Crippen LogP) is 6.39. The summed E-state index contributed by atoms with van der Waals surface area (Å²) in [7, 11) is 0. The number of benzene rings is 3. The van der Waals surface area contributed by atoms with Crippen molar-refractivity contribution in [3.63, 3.8) is 0 Å². The number of hydrogen-bond acceptors (Lipinski definition) is 8. The van der Waals surface area contributed by atoms with Gasteiger partial charge in [-0.15, -0.1) is 0 Å². The van der Waals surface area contributed by atoms with Crippen molar-refractivity contribution in [1.29, 1.82) is 0 Å². The van der Waals surface area contributed by atoms with Crippen LogP contribution in [0.2, 0.25) is 0 Å². The largest absolute Gasteiger partial charge is 0.471 e. The van der Waals surface area contributed by atoms with Crippen LogP contribution in [0.15, 0.2) is 96.4 Å². The lowest BCUT2D eigenvalue weighted by molar-refractivity contribution is -0.268. The number of halogens is 3. The number of rotatable bonds is 10. The first-order chi connectivity index (χ1) is 24.1. The van der Waals surface area contributed by atoms with E-state index in [0.29, 0.717) is 22.2 Å². The normalized spacial score (nSPS) is 22.3.